The van der Waals surface area contributed by atoms with Crippen LogP contribution in [0, 0.1) is 11.7 Å². The van der Waals surface area contributed by atoms with Crippen LogP contribution in [0.15, 0.2) is 72.9 Å². The van der Waals surface area contributed by atoms with Crippen molar-refractivity contribution in [2.75, 3.05) is 18.4 Å². The number of hydrogen-bond acceptors (Lipinski definition) is 5. The van der Waals surface area contributed by atoms with E-state index in [4.69, 9.17) is 17.3 Å². The molecule has 0 spiro atoms. The number of nitrogens with two attached hydrogens (primary N) is 1. The third-order valence-electron chi connectivity index (χ3n) is 5.44. The van der Waals surface area contributed by atoms with E-state index in [1.54, 1.807) is 18.2 Å². The first-order valence-electron chi connectivity index (χ1n) is 11.2. The second-order valence-corrected chi connectivity index (χ2v) is 8.60. The van der Waals surface area contributed by atoms with Crippen LogP contribution in [-0.2, 0) is 0 Å². The zero-order chi connectivity index (χ0) is 25.7. The molecule has 2 aromatic heterocycles. The number of carbonyl (C=O) groups is 2. The van der Waals surface area contributed by atoms with Crippen molar-refractivity contribution in [1.82, 2.24) is 20.1 Å². The summed E-state index contributed by atoms with van der Waals surface area (Å²) in [6.45, 7) is 2.74. The van der Waals surface area contributed by atoms with Crippen molar-refractivity contribution in [1.29, 1.82) is 0 Å². The van der Waals surface area contributed by atoms with Crippen molar-refractivity contribution < 1.29 is 14.0 Å². The van der Waals surface area contributed by atoms with Crippen LogP contribution in [0.4, 0.5) is 10.2 Å². The van der Waals surface area contributed by atoms with Crippen LogP contribution in [0.3, 0.4) is 0 Å². The fourth-order valence-corrected chi connectivity index (χ4v) is 3.62. The Hall–Kier alpha value is -4.08. The molecule has 0 aliphatic heterocycles. The number of para-hydroxylation sites is 1. The maximum Gasteiger partial charge on any atom is 0.271 e. The van der Waals surface area contributed by atoms with Crippen LogP contribution in [-0.4, -0.2) is 39.7 Å². The monoisotopic (exact) mass is 506 g/mol. The van der Waals surface area contributed by atoms with E-state index in [1.165, 1.54) is 41.2 Å². The number of hydrogen-bond donors (Lipinski definition) is 3. The minimum Gasteiger partial charge on any atom is -0.350 e. The molecule has 10 heteroatoms. The van der Waals surface area contributed by atoms with Crippen molar-refractivity contribution in [2.45, 2.75) is 6.92 Å². The van der Waals surface area contributed by atoms with Gasteiger partial charge in [-0.05, 0) is 48.9 Å². The van der Waals surface area contributed by atoms with Crippen molar-refractivity contribution in [2.24, 2.45) is 11.7 Å². The highest BCUT2D eigenvalue weighted by molar-refractivity contribution is 6.34. The van der Waals surface area contributed by atoms with Crippen molar-refractivity contribution in [3.05, 3.63) is 95.0 Å². The van der Waals surface area contributed by atoms with E-state index in [0.717, 1.165) is 0 Å². The molecule has 2 aromatic carbocycles. The molecule has 0 radical (unpaired) electrons. The number of halogens is 2. The highest BCUT2D eigenvalue weighted by Crippen LogP contribution is 2.27. The number of benzene rings is 2. The van der Waals surface area contributed by atoms with E-state index in [2.05, 4.69) is 20.7 Å². The summed E-state index contributed by atoms with van der Waals surface area (Å²) in [5.41, 5.74) is 6.99. The number of nitrogens with zero attached hydrogens (tertiary/aromatic N) is 3. The van der Waals surface area contributed by atoms with E-state index in [-0.39, 0.29) is 33.7 Å². The third kappa shape index (κ3) is 5.59. The maximum absolute atomic E-state index is 14.3. The summed E-state index contributed by atoms with van der Waals surface area (Å²) in [6, 6.07) is 17.9. The lowest BCUT2D eigenvalue weighted by molar-refractivity contribution is 0.0942. The predicted octanol–water partition coefficient (Wildman–Crippen LogP) is 4.30. The summed E-state index contributed by atoms with van der Waals surface area (Å²) in [6.07, 6.45) is 1.46. The Balaban J connectivity index is 1.66. The Kier molecular flexibility index (Phi) is 7.72. The molecule has 184 valence electrons. The number of carbonyl (C=O) groups excluding carboxylic acids is 2. The summed E-state index contributed by atoms with van der Waals surface area (Å²) < 4.78 is 15.7. The summed E-state index contributed by atoms with van der Waals surface area (Å²) in [5, 5.41) is 10.1. The van der Waals surface area contributed by atoms with Crippen LogP contribution in [0.25, 0.3) is 16.9 Å². The van der Waals surface area contributed by atoms with Gasteiger partial charge in [-0.1, -0.05) is 42.8 Å². The first-order chi connectivity index (χ1) is 17.4. The molecule has 2 amide bonds. The number of anilines is 1. The largest absolute Gasteiger partial charge is 0.350 e. The summed E-state index contributed by atoms with van der Waals surface area (Å²) >= 11 is 6.31. The normalized spacial score (nSPS) is 11.7. The van der Waals surface area contributed by atoms with Crippen LogP contribution in [0.1, 0.15) is 27.8 Å². The highest BCUT2D eigenvalue weighted by atomic mass is 35.5. The van der Waals surface area contributed by atoms with Crippen LogP contribution in [0.5, 0.6) is 0 Å². The van der Waals surface area contributed by atoms with Crippen LogP contribution >= 0.6 is 11.6 Å². The molecule has 0 aliphatic carbocycles. The molecular weight excluding hydrogens is 483 g/mol. The molecular formula is C26H24ClFN6O2. The lowest BCUT2D eigenvalue weighted by Gasteiger charge is -2.11. The van der Waals surface area contributed by atoms with E-state index < -0.39 is 17.6 Å². The summed E-state index contributed by atoms with van der Waals surface area (Å²) in [5.74, 6) is -1.12. The number of rotatable bonds is 8. The molecule has 0 aliphatic rings. The molecule has 36 heavy (non-hydrogen) atoms. The summed E-state index contributed by atoms with van der Waals surface area (Å²) in [4.78, 5) is 30.0. The molecule has 4 aromatic rings. The van der Waals surface area contributed by atoms with Gasteiger partial charge in [0.05, 0.1) is 16.3 Å². The molecule has 1 atom stereocenters. The van der Waals surface area contributed by atoms with Crippen LogP contribution < -0.4 is 16.4 Å². The van der Waals surface area contributed by atoms with Crippen molar-refractivity contribution in [3.63, 3.8) is 0 Å². The van der Waals surface area contributed by atoms with Gasteiger partial charge in [-0.2, -0.15) is 5.10 Å². The van der Waals surface area contributed by atoms with Gasteiger partial charge in [0.2, 0.25) is 0 Å². The quantitative estimate of drug-likeness (QED) is 0.329. The zero-order valence-electron chi connectivity index (χ0n) is 19.4. The topological polar surface area (TPSA) is 115 Å². The standard InChI is InChI=1S/C26H24ClFN6O2/c1-16(14-29)15-31-26(36)22-13-23(34(33-22)18-6-3-2-4-7-18)32-25(35)19-12-17(9-10-20(19)27)24-21(28)8-5-11-30-24/h2-13,16H,14-15,29H2,1H3,(H,31,36)(H,32,35). The van der Waals surface area contributed by atoms with Crippen LogP contribution in [0.2, 0.25) is 5.02 Å². The van der Waals surface area contributed by atoms with E-state index in [1.807, 2.05) is 25.1 Å². The van der Waals surface area contributed by atoms with Crippen molar-refractivity contribution in [3.8, 4) is 16.9 Å². The number of amides is 2. The van der Waals surface area contributed by atoms with Gasteiger partial charge < -0.3 is 16.4 Å². The molecule has 4 rings (SSSR count). The van der Waals surface area contributed by atoms with Crippen molar-refractivity contribution >= 4 is 29.2 Å². The van der Waals surface area contributed by atoms with E-state index in [0.29, 0.717) is 24.3 Å². The van der Waals surface area contributed by atoms with Gasteiger partial charge in [0.15, 0.2) is 5.69 Å². The molecule has 0 fully saturated rings. The molecule has 0 bridgehead atoms. The fourth-order valence-electron chi connectivity index (χ4n) is 3.42. The molecule has 0 saturated carbocycles. The van der Waals surface area contributed by atoms with E-state index >= 15 is 0 Å². The number of pyridine rings is 1. The van der Waals surface area contributed by atoms with Gasteiger partial charge in [-0.25, -0.2) is 9.07 Å². The van der Waals surface area contributed by atoms with Gasteiger partial charge in [0.1, 0.15) is 17.3 Å². The average Bonchev–Trinajstić information content (AvgIpc) is 3.32. The van der Waals surface area contributed by atoms with Gasteiger partial charge in [-0.3, -0.25) is 14.6 Å². The number of aromatic nitrogens is 3. The highest BCUT2D eigenvalue weighted by Gasteiger charge is 2.20. The molecule has 4 N–H and O–H groups in total. The first-order valence-corrected chi connectivity index (χ1v) is 11.6. The van der Waals surface area contributed by atoms with Gasteiger partial charge in [-0.15, -0.1) is 0 Å². The zero-order valence-corrected chi connectivity index (χ0v) is 20.2. The minimum absolute atomic E-state index is 0.0997. The molecule has 2 heterocycles. The lowest BCUT2D eigenvalue weighted by Crippen LogP contribution is -2.31. The minimum atomic E-state index is -0.556. The first kappa shape index (κ1) is 25.0. The fraction of sp³-hybridized carbons (Fsp3) is 0.154. The predicted molar refractivity (Wildman–Crippen MR) is 137 cm³/mol. The van der Waals surface area contributed by atoms with Gasteiger partial charge >= 0.3 is 0 Å². The Morgan fingerprint density at radius 3 is 2.58 bits per heavy atom. The Morgan fingerprint density at radius 2 is 1.86 bits per heavy atom. The second kappa shape index (κ2) is 11.1. The third-order valence-corrected chi connectivity index (χ3v) is 5.77. The molecule has 1 unspecified atom stereocenters. The Bertz CT molecular complexity index is 1390. The smallest absolute Gasteiger partial charge is 0.271 e. The molecule has 8 nitrogen and oxygen atoms in total. The second-order valence-electron chi connectivity index (χ2n) is 8.20. The maximum atomic E-state index is 14.3. The van der Waals surface area contributed by atoms with Gasteiger partial charge in [0.25, 0.3) is 11.8 Å². The average molecular weight is 507 g/mol. The van der Waals surface area contributed by atoms with Gasteiger partial charge in [0, 0.05) is 24.4 Å². The SMILES string of the molecule is CC(CN)CNC(=O)c1cc(NC(=O)c2cc(-c3ncccc3F)ccc2Cl)n(-c2ccccc2)n1. The van der Waals surface area contributed by atoms with E-state index in [9.17, 15) is 14.0 Å². The Labute approximate surface area is 212 Å². The number of nitrogens with one attached hydrogen (secondary N) is 2. The molecule has 0 saturated heterocycles. The lowest BCUT2D eigenvalue weighted by atomic mass is 10.1. The summed E-state index contributed by atoms with van der Waals surface area (Å²) in [7, 11) is 0. The Morgan fingerprint density at radius 1 is 1.08 bits per heavy atom.